The number of aromatic nitrogens is 2. The highest BCUT2D eigenvalue weighted by molar-refractivity contribution is 5.81. The molecule has 0 radical (unpaired) electrons. The molecule has 9 heteroatoms. The molecule has 0 bridgehead atoms. The number of rotatable bonds is 6. The van der Waals surface area contributed by atoms with Gasteiger partial charge in [0, 0.05) is 0 Å². The smallest absolute Gasteiger partial charge is 0.418 e. The second-order valence-electron chi connectivity index (χ2n) is 5.71. The van der Waals surface area contributed by atoms with Gasteiger partial charge >= 0.3 is 6.18 Å². The maximum Gasteiger partial charge on any atom is 0.418 e. The van der Waals surface area contributed by atoms with Crippen molar-refractivity contribution in [1.29, 1.82) is 0 Å². The van der Waals surface area contributed by atoms with E-state index in [0.717, 1.165) is 6.07 Å². The van der Waals surface area contributed by atoms with Crippen molar-refractivity contribution in [1.82, 2.24) is 9.97 Å². The Bertz CT molecular complexity index is 962. The van der Waals surface area contributed by atoms with Crippen LogP contribution in [0.25, 0.3) is 0 Å². The molecule has 6 nitrogen and oxygen atoms in total. The SMILES string of the molecule is CCOc1ccccc1Nc1ncnc(Nc2ccccc2C(F)(F)F)c1N. The van der Waals surface area contributed by atoms with Crippen LogP contribution in [0.5, 0.6) is 5.75 Å². The molecule has 3 aromatic rings. The fourth-order valence-corrected chi connectivity index (χ4v) is 2.54. The fourth-order valence-electron chi connectivity index (χ4n) is 2.54. The third-order valence-electron chi connectivity index (χ3n) is 3.81. The van der Waals surface area contributed by atoms with Crippen LogP contribution < -0.4 is 21.1 Å². The Morgan fingerprint density at radius 1 is 0.929 bits per heavy atom. The number of alkyl halides is 3. The second-order valence-corrected chi connectivity index (χ2v) is 5.71. The Kier molecular flexibility index (Phi) is 5.53. The van der Waals surface area contributed by atoms with Crippen LogP contribution >= 0.6 is 0 Å². The number of nitrogens with one attached hydrogen (secondary N) is 2. The summed E-state index contributed by atoms with van der Waals surface area (Å²) in [6.07, 6.45) is -3.30. The van der Waals surface area contributed by atoms with Crippen LogP contribution in [0.4, 0.5) is 41.9 Å². The zero-order chi connectivity index (χ0) is 20.1. The lowest BCUT2D eigenvalue weighted by atomic mass is 10.1. The van der Waals surface area contributed by atoms with Crippen molar-refractivity contribution < 1.29 is 17.9 Å². The highest BCUT2D eigenvalue weighted by Gasteiger charge is 2.33. The Hall–Kier alpha value is -3.49. The van der Waals surface area contributed by atoms with Crippen LogP contribution in [0.15, 0.2) is 54.9 Å². The number of hydrogen-bond acceptors (Lipinski definition) is 6. The molecule has 0 spiro atoms. The number of ether oxygens (including phenoxy) is 1. The first-order chi connectivity index (χ1) is 13.4. The Morgan fingerprint density at radius 2 is 1.50 bits per heavy atom. The summed E-state index contributed by atoms with van der Waals surface area (Å²) >= 11 is 0. The Balaban J connectivity index is 1.91. The number of nitrogens with zero attached hydrogens (tertiary/aromatic N) is 2. The molecule has 4 N–H and O–H groups in total. The maximum atomic E-state index is 13.2. The van der Waals surface area contributed by atoms with Crippen molar-refractivity contribution in [3.05, 3.63) is 60.4 Å². The van der Waals surface area contributed by atoms with Gasteiger partial charge in [-0.15, -0.1) is 0 Å². The van der Waals surface area contributed by atoms with E-state index in [0.29, 0.717) is 18.0 Å². The van der Waals surface area contributed by atoms with Crippen LogP contribution in [0, 0.1) is 0 Å². The molecule has 0 fully saturated rings. The number of anilines is 5. The summed E-state index contributed by atoms with van der Waals surface area (Å²) in [6, 6.07) is 12.3. The molecule has 0 aliphatic heterocycles. The summed E-state index contributed by atoms with van der Waals surface area (Å²) in [6.45, 7) is 2.33. The molecule has 28 heavy (non-hydrogen) atoms. The van der Waals surface area contributed by atoms with Crippen molar-refractivity contribution in [2.24, 2.45) is 0 Å². The summed E-state index contributed by atoms with van der Waals surface area (Å²) in [4.78, 5) is 8.06. The first-order valence-electron chi connectivity index (χ1n) is 8.42. The number of nitrogens with two attached hydrogens (primary N) is 1. The first kappa shape index (κ1) is 19.3. The summed E-state index contributed by atoms with van der Waals surface area (Å²) in [5, 5.41) is 5.68. The van der Waals surface area contributed by atoms with Crippen LogP contribution in [-0.2, 0) is 6.18 Å². The molecule has 146 valence electrons. The van der Waals surface area contributed by atoms with Crippen molar-refractivity contribution in [3.8, 4) is 5.75 Å². The number of hydrogen-bond donors (Lipinski definition) is 3. The quantitative estimate of drug-likeness (QED) is 0.552. The van der Waals surface area contributed by atoms with Gasteiger partial charge in [0.2, 0.25) is 0 Å². The van der Waals surface area contributed by atoms with Gasteiger partial charge in [-0.2, -0.15) is 13.2 Å². The van der Waals surface area contributed by atoms with E-state index in [1.54, 1.807) is 18.2 Å². The fraction of sp³-hybridized carbons (Fsp3) is 0.158. The molecule has 0 unspecified atom stereocenters. The van der Waals surface area contributed by atoms with Crippen LogP contribution in [0.2, 0.25) is 0 Å². The molecule has 0 amide bonds. The average molecular weight is 389 g/mol. The minimum Gasteiger partial charge on any atom is -0.492 e. The predicted octanol–water partition coefficient (Wildman–Crippen LogP) is 4.96. The highest BCUT2D eigenvalue weighted by atomic mass is 19.4. The highest BCUT2D eigenvalue weighted by Crippen LogP contribution is 2.37. The molecule has 3 rings (SSSR count). The first-order valence-corrected chi connectivity index (χ1v) is 8.42. The Morgan fingerprint density at radius 3 is 2.14 bits per heavy atom. The van der Waals surface area contributed by atoms with E-state index >= 15 is 0 Å². The van der Waals surface area contributed by atoms with Gasteiger partial charge < -0.3 is 21.1 Å². The van der Waals surface area contributed by atoms with Gasteiger partial charge in [-0.1, -0.05) is 24.3 Å². The normalized spacial score (nSPS) is 11.1. The standard InChI is InChI=1S/C19H18F3N5O/c1-2-28-15-10-6-5-9-14(15)27-18-16(23)17(24-11-25-18)26-13-8-4-3-7-12(13)19(20,21)22/h3-11H,2,23H2,1H3,(H2,24,25,26,27). The molecule has 0 atom stereocenters. The third kappa shape index (κ3) is 4.25. The molecule has 0 saturated heterocycles. The second kappa shape index (κ2) is 8.03. The van der Waals surface area contributed by atoms with Gasteiger partial charge in [0.05, 0.1) is 23.5 Å². The van der Waals surface area contributed by atoms with Gasteiger partial charge in [0.25, 0.3) is 0 Å². The van der Waals surface area contributed by atoms with Crippen LogP contribution in [0.3, 0.4) is 0 Å². The Labute approximate surface area is 159 Å². The van der Waals surface area contributed by atoms with Crippen molar-refractivity contribution >= 4 is 28.7 Å². The number of halogens is 3. The largest absolute Gasteiger partial charge is 0.492 e. The predicted molar refractivity (Wildman–Crippen MR) is 102 cm³/mol. The zero-order valence-corrected chi connectivity index (χ0v) is 14.9. The van der Waals surface area contributed by atoms with E-state index in [9.17, 15) is 13.2 Å². The van der Waals surface area contributed by atoms with Crippen LogP contribution in [-0.4, -0.2) is 16.6 Å². The van der Waals surface area contributed by atoms with E-state index in [4.69, 9.17) is 10.5 Å². The molecule has 0 aliphatic rings. The lowest BCUT2D eigenvalue weighted by Crippen LogP contribution is -2.11. The summed E-state index contributed by atoms with van der Waals surface area (Å²) in [7, 11) is 0. The summed E-state index contributed by atoms with van der Waals surface area (Å²) in [5.41, 5.74) is 5.82. The van der Waals surface area contributed by atoms with Gasteiger partial charge in [-0.05, 0) is 31.2 Å². The number of benzene rings is 2. The molecular formula is C19H18F3N5O. The lowest BCUT2D eigenvalue weighted by Gasteiger charge is -2.17. The molecule has 1 heterocycles. The maximum absolute atomic E-state index is 13.2. The third-order valence-corrected chi connectivity index (χ3v) is 3.81. The molecular weight excluding hydrogens is 371 g/mol. The van der Waals surface area contributed by atoms with E-state index in [1.807, 2.05) is 13.0 Å². The lowest BCUT2D eigenvalue weighted by molar-refractivity contribution is -0.136. The summed E-state index contributed by atoms with van der Waals surface area (Å²) in [5.74, 6) is 0.900. The minimum atomic E-state index is -4.51. The van der Waals surface area contributed by atoms with E-state index < -0.39 is 11.7 Å². The van der Waals surface area contributed by atoms with Gasteiger partial charge in [-0.25, -0.2) is 9.97 Å². The number of nitrogen functional groups attached to an aromatic ring is 1. The monoisotopic (exact) mass is 389 g/mol. The van der Waals surface area contributed by atoms with Crippen LogP contribution in [0.1, 0.15) is 12.5 Å². The topological polar surface area (TPSA) is 85.1 Å². The van der Waals surface area contributed by atoms with E-state index in [1.165, 1.54) is 24.5 Å². The van der Waals surface area contributed by atoms with Gasteiger partial charge in [0.1, 0.15) is 17.8 Å². The summed E-state index contributed by atoms with van der Waals surface area (Å²) < 4.78 is 45.2. The number of para-hydroxylation sites is 3. The van der Waals surface area contributed by atoms with Gasteiger partial charge in [-0.3, -0.25) is 0 Å². The molecule has 2 aromatic carbocycles. The molecule has 1 aromatic heterocycles. The van der Waals surface area contributed by atoms with Gasteiger partial charge in [0.15, 0.2) is 11.6 Å². The van der Waals surface area contributed by atoms with E-state index in [2.05, 4.69) is 20.6 Å². The van der Waals surface area contributed by atoms with Crippen molar-refractivity contribution in [2.75, 3.05) is 23.0 Å². The molecule has 0 saturated carbocycles. The average Bonchev–Trinajstić information content (AvgIpc) is 2.66. The van der Waals surface area contributed by atoms with Crippen molar-refractivity contribution in [3.63, 3.8) is 0 Å². The van der Waals surface area contributed by atoms with Crippen molar-refractivity contribution in [2.45, 2.75) is 13.1 Å². The van der Waals surface area contributed by atoms with E-state index in [-0.39, 0.29) is 23.0 Å². The minimum absolute atomic E-state index is 0.0584. The molecule has 0 aliphatic carbocycles. The zero-order valence-electron chi connectivity index (χ0n) is 14.9.